The molecule has 0 aromatic carbocycles. The van der Waals surface area contributed by atoms with Crippen LogP contribution in [-0.2, 0) is 4.79 Å². The van der Waals surface area contributed by atoms with E-state index in [0.29, 0.717) is 5.89 Å². The van der Waals surface area contributed by atoms with Crippen LogP contribution in [0, 0.1) is 6.92 Å². The van der Waals surface area contributed by atoms with Crippen LogP contribution in [-0.4, -0.2) is 22.1 Å². The average molecular weight is 198 g/mol. The van der Waals surface area contributed by atoms with Crippen LogP contribution in [0.3, 0.4) is 0 Å². The molecule has 0 fully saturated rings. The molecule has 1 heterocycles. The van der Waals surface area contributed by atoms with E-state index in [9.17, 15) is 4.79 Å². The van der Waals surface area contributed by atoms with Crippen LogP contribution in [0.1, 0.15) is 31.5 Å². The molecule has 2 unspecified atom stereocenters. The normalized spacial score (nSPS) is 15.1. The van der Waals surface area contributed by atoms with E-state index in [4.69, 9.17) is 9.52 Å². The number of carboxylic acids is 1. The fourth-order valence-corrected chi connectivity index (χ4v) is 1.09. The number of hydrogen-bond donors (Lipinski definition) is 2. The molecule has 1 aromatic heterocycles. The molecule has 2 N–H and O–H groups in total. The predicted molar refractivity (Wildman–Crippen MR) is 49.9 cm³/mol. The number of aliphatic carboxylic acids is 1. The van der Waals surface area contributed by atoms with Gasteiger partial charge in [0.2, 0.25) is 5.89 Å². The fourth-order valence-electron chi connectivity index (χ4n) is 1.09. The fraction of sp³-hybridized carbons (Fsp3) is 0.556. The summed E-state index contributed by atoms with van der Waals surface area (Å²) in [5.41, 5.74) is 0. The van der Waals surface area contributed by atoms with Crippen LogP contribution < -0.4 is 5.32 Å². The van der Waals surface area contributed by atoms with Gasteiger partial charge in [-0.25, -0.2) is 4.98 Å². The molecule has 0 saturated heterocycles. The van der Waals surface area contributed by atoms with E-state index < -0.39 is 12.0 Å². The molecule has 0 amide bonds. The minimum atomic E-state index is -0.889. The van der Waals surface area contributed by atoms with E-state index in [-0.39, 0.29) is 6.04 Å². The molecule has 2 atom stereocenters. The third-order valence-corrected chi connectivity index (χ3v) is 1.88. The molecule has 0 aliphatic heterocycles. The maximum absolute atomic E-state index is 10.6. The highest BCUT2D eigenvalue weighted by atomic mass is 16.4. The number of nitrogens with one attached hydrogen (secondary N) is 1. The minimum Gasteiger partial charge on any atom is -0.480 e. The number of carboxylic acid groups (broad SMARTS) is 1. The highest BCUT2D eigenvalue weighted by molar-refractivity contribution is 5.72. The summed E-state index contributed by atoms with van der Waals surface area (Å²) >= 11 is 0. The third-order valence-electron chi connectivity index (χ3n) is 1.88. The first kappa shape index (κ1) is 10.7. The predicted octanol–water partition coefficient (Wildman–Crippen LogP) is 1.11. The summed E-state index contributed by atoms with van der Waals surface area (Å²) in [6, 6.07) is -0.813. The number of rotatable bonds is 4. The zero-order valence-corrected chi connectivity index (χ0v) is 8.44. The second-order valence-electron chi connectivity index (χ2n) is 3.26. The van der Waals surface area contributed by atoms with Crippen molar-refractivity contribution < 1.29 is 14.3 Å². The molecular formula is C9H14N2O3. The monoisotopic (exact) mass is 198 g/mol. The number of aryl methyl sites for hydroxylation is 1. The van der Waals surface area contributed by atoms with Crippen LogP contribution in [0.5, 0.6) is 0 Å². The molecule has 0 aliphatic carbocycles. The smallest absolute Gasteiger partial charge is 0.320 e. The topological polar surface area (TPSA) is 75.4 Å². The van der Waals surface area contributed by atoms with Gasteiger partial charge in [-0.15, -0.1) is 0 Å². The maximum Gasteiger partial charge on any atom is 0.320 e. The first-order chi connectivity index (χ1) is 6.50. The largest absolute Gasteiger partial charge is 0.480 e. The molecule has 5 heteroatoms. The number of carbonyl (C=O) groups is 1. The summed E-state index contributed by atoms with van der Waals surface area (Å²) in [7, 11) is 0. The summed E-state index contributed by atoms with van der Waals surface area (Å²) in [5.74, 6) is 0.340. The van der Waals surface area contributed by atoms with Crippen LogP contribution in [0.4, 0.5) is 0 Å². The first-order valence-corrected chi connectivity index (χ1v) is 4.42. The lowest BCUT2D eigenvalue weighted by Crippen LogP contribution is -2.35. The quantitative estimate of drug-likeness (QED) is 0.757. The van der Waals surface area contributed by atoms with E-state index >= 15 is 0 Å². The molecule has 14 heavy (non-hydrogen) atoms. The molecule has 1 rings (SSSR count). The highest BCUT2D eigenvalue weighted by Gasteiger charge is 2.17. The van der Waals surface area contributed by atoms with Crippen molar-refractivity contribution in [2.75, 3.05) is 0 Å². The molecule has 0 aliphatic rings. The average Bonchev–Trinajstić information content (AvgIpc) is 2.51. The summed E-state index contributed by atoms with van der Waals surface area (Å²) in [6.45, 7) is 5.18. The number of oxazole rings is 1. The molecule has 1 aromatic rings. The summed E-state index contributed by atoms with van der Waals surface area (Å²) in [4.78, 5) is 14.6. The van der Waals surface area contributed by atoms with Gasteiger partial charge in [-0.3, -0.25) is 10.1 Å². The molecule has 0 bridgehead atoms. The van der Waals surface area contributed by atoms with Gasteiger partial charge >= 0.3 is 5.97 Å². The van der Waals surface area contributed by atoms with E-state index in [2.05, 4.69) is 10.3 Å². The van der Waals surface area contributed by atoms with Gasteiger partial charge in [0, 0.05) is 0 Å². The SMILES string of the molecule is Cc1cnc(C(C)NC(C)C(=O)O)o1. The minimum absolute atomic E-state index is 0.199. The Balaban J connectivity index is 2.58. The van der Waals surface area contributed by atoms with Crippen LogP contribution in [0.15, 0.2) is 10.6 Å². The third kappa shape index (κ3) is 2.56. The Morgan fingerprint density at radius 2 is 2.29 bits per heavy atom. The summed E-state index contributed by atoms with van der Waals surface area (Å²) in [5, 5.41) is 11.5. The zero-order chi connectivity index (χ0) is 10.7. The lowest BCUT2D eigenvalue weighted by molar-refractivity contribution is -0.139. The van der Waals surface area contributed by atoms with Gasteiger partial charge in [0.15, 0.2) is 0 Å². The maximum atomic E-state index is 10.6. The van der Waals surface area contributed by atoms with Crippen LogP contribution in [0.2, 0.25) is 0 Å². The van der Waals surface area contributed by atoms with Crippen molar-refractivity contribution in [3.8, 4) is 0 Å². The molecular weight excluding hydrogens is 184 g/mol. The van der Waals surface area contributed by atoms with Crippen molar-refractivity contribution in [3.05, 3.63) is 17.8 Å². The standard InChI is InChI=1S/C9H14N2O3/c1-5-4-10-8(14-5)6(2)11-7(3)9(12)13/h4,6-7,11H,1-3H3,(H,12,13). The number of aromatic nitrogens is 1. The summed E-state index contributed by atoms with van der Waals surface area (Å²) in [6.07, 6.45) is 1.61. The first-order valence-electron chi connectivity index (χ1n) is 4.42. The van der Waals surface area contributed by atoms with E-state index in [0.717, 1.165) is 5.76 Å². The van der Waals surface area contributed by atoms with Gasteiger partial charge in [0.25, 0.3) is 0 Å². The number of hydrogen-bond acceptors (Lipinski definition) is 4. The number of nitrogens with zero attached hydrogens (tertiary/aromatic N) is 1. The Labute approximate surface area is 82.1 Å². The van der Waals surface area contributed by atoms with Crippen LogP contribution in [0.25, 0.3) is 0 Å². The Morgan fingerprint density at radius 3 is 2.71 bits per heavy atom. The van der Waals surface area contributed by atoms with Crippen molar-refractivity contribution >= 4 is 5.97 Å². The van der Waals surface area contributed by atoms with E-state index in [1.165, 1.54) is 0 Å². The van der Waals surface area contributed by atoms with Crippen molar-refractivity contribution in [1.29, 1.82) is 0 Å². The lowest BCUT2D eigenvalue weighted by Gasteiger charge is -2.13. The Kier molecular flexibility index (Phi) is 3.24. The van der Waals surface area contributed by atoms with Gasteiger partial charge in [-0.05, 0) is 20.8 Å². The van der Waals surface area contributed by atoms with Crippen molar-refractivity contribution in [3.63, 3.8) is 0 Å². The Hall–Kier alpha value is -1.36. The molecule has 78 valence electrons. The molecule has 0 saturated carbocycles. The van der Waals surface area contributed by atoms with Crippen molar-refractivity contribution in [2.24, 2.45) is 0 Å². The highest BCUT2D eigenvalue weighted by Crippen LogP contribution is 2.12. The Bertz CT molecular complexity index is 322. The van der Waals surface area contributed by atoms with Crippen LogP contribution >= 0.6 is 0 Å². The van der Waals surface area contributed by atoms with Crippen molar-refractivity contribution in [1.82, 2.24) is 10.3 Å². The van der Waals surface area contributed by atoms with Gasteiger partial charge in [0.05, 0.1) is 12.2 Å². The van der Waals surface area contributed by atoms with Gasteiger partial charge in [0.1, 0.15) is 11.8 Å². The lowest BCUT2D eigenvalue weighted by atomic mass is 10.2. The van der Waals surface area contributed by atoms with E-state index in [1.807, 2.05) is 6.92 Å². The molecule has 0 spiro atoms. The molecule has 5 nitrogen and oxygen atoms in total. The van der Waals surface area contributed by atoms with Gasteiger partial charge in [-0.1, -0.05) is 0 Å². The second-order valence-corrected chi connectivity index (χ2v) is 3.26. The zero-order valence-electron chi connectivity index (χ0n) is 8.44. The van der Waals surface area contributed by atoms with Gasteiger partial charge in [-0.2, -0.15) is 0 Å². The van der Waals surface area contributed by atoms with Crippen molar-refractivity contribution in [2.45, 2.75) is 32.9 Å². The van der Waals surface area contributed by atoms with E-state index in [1.54, 1.807) is 20.0 Å². The Morgan fingerprint density at radius 1 is 1.64 bits per heavy atom. The van der Waals surface area contributed by atoms with Gasteiger partial charge < -0.3 is 9.52 Å². The molecule has 0 radical (unpaired) electrons. The summed E-state index contributed by atoms with van der Waals surface area (Å²) < 4.78 is 5.26. The second kappa shape index (κ2) is 4.23.